The first-order chi connectivity index (χ1) is 15.8. The molecule has 9 nitrogen and oxygen atoms in total. The van der Waals surface area contributed by atoms with Crippen molar-refractivity contribution in [3.8, 4) is 5.75 Å². The number of H-pyrrole nitrogens is 1. The number of methoxy groups -OCH3 is 1. The average Bonchev–Trinajstić information content (AvgIpc) is 3.32. The molecular formula is C23H26ClN7O2. The maximum absolute atomic E-state index is 13.5. The number of hydrogen-bond donors (Lipinski definition) is 2. The van der Waals surface area contributed by atoms with E-state index in [0.717, 1.165) is 42.0 Å². The van der Waals surface area contributed by atoms with Crippen molar-refractivity contribution in [2.24, 2.45) is 0 Å². The van der Waals surface area contributed by atoms with Crippen LogP contribution < -0.4 is 15.4 Å². The van der Waals surface area contributed by atoms with Gasteiger partial charge in [-0.25, -0.2) is 9.97 Å². The first kappa shape index (κ1) is 22.7. The molecule has 3 aromatic heterocycles. The molecule has 0 atom stereocenters. The van der Waals surface area contributed by atoms with E-state index in [2.05, 4.69) is 31.8 Å². The largest absolute Gasteiger partial charge is 0.496 e. The van der Waals surface area contributed by atoms with Crippen molar-refractivity contribution in [1.82, 2.24) is 24.9 Å². The summed E-state index contributed by atoms with van der Waals surface area (Å²) >= 11 is 6.43. The van der Waals surface area contributed by atoms with Crippen LogP contribution in [-0.4, -0.2) is 37.9 Å². The Morgan fingerprint density at radius 2 is 2.03 bits per heavy atom. The minimum Gasteiger partial charge on any atom is -0.496 e. The number of carbonyl (C=O) groups is 1. The summed E-state index contributed by atoms with van der Waals surface area (Å²) in [6.07, 6.45) is 8.11. The number of pyridine rings is 1. The Labute approximate surface area is 197 Å². The van der Waals surface area contributed by atoms with Crippen molar-refractivity contribution in [2.75, 3.05) is 17.7 Å². The summed E-state index contributed by atoms with van der Waals surface area (Å²) in [5.74, 6) is 1.69. The molecule has 0 fully saturated rings. The second kappa shape index (κ2) is 9.19. The van der Waals surface area contributed by atoms with Crippen LogP contribution >= 0.6 is 11.6 Å². The molecule has 0 bridgehead atoms. The molecule has 0 aliphatic carbocycles. The van der Waals surface area contributed by atoms with Crippen LogP contribution in [0.5, 0.6) is 5.75 Å². The van der Waals surface area contributed by atoms with E-state index >= 15 is 0 Å². The fraction of sp³-hybridized carbons (Fsp3) is 0.348. The van der Waals surface area contributed by atoms with Gasteiger partial charge in [-0.2, -0.15) is 4.98 Å². The molecular weight excluding hydrogens is 442 g/mol. The van der Waals surface area contributed by atoms with Crippen LogP contribution in [-0.2, 0) is 17.8 Å². The molecule has 4 rings (SSSR count). The summed E-state index contributed by atoms with van der Waals surface area (Å²) in [6, 6.07) is 0. The van der Waals surface area contributed by atoms with Gasteiger partial charge in [-0.3, -0.25) is 14.7 Å². The predicted octanol–water partition coefficient (Wildman–Crippen LogP) is 3.89. The number of carbonyl (C=O) groups excluding carboxylic acids is 1. The molecule has 33 heavy (non-hydrogen) atoms. The number of nitrogens with zero attached hydrogens (tertiary/aromatic N) is 5. The van der Waals surface area contributed by atoms with Crippen molar-refractivity contribution in [3.05, 3.63) is 51.4 Å². The second-order valence-corrected chi connectivity index (χ2v) is 8.31. The fourth-order valence-corrected chi connectivity index (χ4v) is 4.23. The number of nitrogen functional groups attached to an aromatic ring is 1. The number of anilines is 2. The van der Waals surface area contributed by atoms with Crippen molar-refractivity contribution in [1.29, 1.82) is 0 Å². The van der Waals surface area contributed by atoms with Gasteiger partial charge >= 0.3 is 0 Å². The van der Waals surface area contributed by atoms with Crippen molar-refractivity contribution in [2.45, 2.75) is 46.6 Å². The fourth-order valence-electron chi connectivity index (χ4n) is 3.95. The van der Waals surface area contributed by atoms with Gasteiger partial charge in [0.1, 0.15) is 16.7 Å². The SMILES string of the molecule is CCCCc1ncc(/C=C2\C(=O)N(Cc3ncc(C)c(OC)c3C)c3nc(N)nc(Cl)c32)[nH]1. The zero-order valence-corrected chi connectivity index (χ0v) is 19.8. The number of nitrogens with two attached hydrogens (primary N) is 1. The highest BCUT2D eigenvalue weighted by Gasteiger charge is 2.37. The molecule has 10 heteroatoms. The second-order valence-electron chi connectivity index (χ2n) is 7.96. The smallest absolute Gasteiger partial charge is 0.260 e. The van der Waals surface area contributed by atoms with E-state index in [1.165, 1.54) is 4.90 Å². The molecule has 0 saturated carbocycles. The van der Waals surface area contributed by atoms with Gasteiger partial charge in [0, 0.05) is 23.7 Å². The third-order valence-corrected chi connectivity index (χ3v) is 5.91. The van der Waals surface area contributed by atoms with Crippen molar-refractivity contribution < 1.29 is 9.53 Å². The average molecular weight is 468 g/mol. The van der Waals surface area contributed by atoms with Crippen molar-refractivity contribution in [3.63, 3.8) is 0 Å². The Hall–Kier alpha value is -3.46. The highest BCUT2D eigenvalue weighted by atomic mass is 35.5. The minimum absolute atomic E-state index is 0.00707. The van der Waals surface area contributed by atoms with Crippen LogP contribution in [0.4, 0.5) is 11.8 Å². The van der Waals surface area contributed by atoms with Crippen LogP contribution in [0.2, 0.25) is 5.15 Å². The van der Waals surface area contributed by atoms with Gasteiger partial charge in [0.15, 0.2) is 5.82 Å². The Balaban J connectivity index is 1.76. The zero-order chi connectivity index (χ0) is 23.7. The number of nitrogens with one attached hydrogen (secondary N) is 1. The van der Waals surface area contributed by atoms with Gasteiger partial charge in [-0.1, -0.05) is 24.9 Å². The number of aromatic amines is 1. The lowest BCUT2D eigenvalue weighted by Crippen LogP contribution is -2.27. The van der Waals surface area contributed by atoms with Crippen LogP contribution in [0.25, 0.3) is 11.6 Å². The third-order valence-electron chi connectivity index (χ3n) is 5.64. The van der Waals surface area contributed by atoms with Crippen LogP contribution in [0.15, 0.2) is 12.4 Å². The summed E-state index contributed by atoms with van der Waals surface area (Å²) in [6.45, 7) is 6.15. The van der Waals surface area contributed by atoms with Crippen LogP contribution in [0.1, 0.15) is 53.7 Å². The van der Waals surface area contributed by atoms with Gasteiger partial charge in [0.05, 0.1) is 42.4 Å². The number of imidazole rings is 1. The quantitative estimate of drug-likeness (QED) is 0.399. The van der Waals surface area contributed by atoms with Crippen LogP contribution in [0, 0.1) is 13.8 Å². The van der Waals surface area contributed by atoms with E-state index in [9.17, 15) is 4.79 Å². The molecule has 0 saturated heterocycles. The molecule has 1 amide bonds. The summed E-state index contributed by atoms with van der Waals surface area (Å²) < 4.78 is 5.51. The number of halogens is 1. The van der Waals surface area contributed by atoms with E-state index < -0.39 is 0 Å². The van der Waals surface area contributed by atoms with Gasteiger partial charge in [-0.15, -0.1) is 0 Å². The molecule has 1 aliphatic heterocycles. The zero-order valence-electron chi connectivity index (χ0n) is 19.1. The van der Waals surface area contributed by atoms with E-state index in [-0.39, 0.29) is 23.6 Å². The molecule has 3 N–H and O–H groups in total. The number of rotatable bonds is 7. The maximum Gasteiger partial charge on any atom is 0.260 e. The standard InChI is InChI=1S/C23H26ClN7O2/c1-5-6-7-17-27-10-14(28-17)8-15-18-20(24)29-23(25)30-21(18)31(22(15)32)11-16-13(3)19(33-4)12(2)9-26-16/h8-10H,5-7,11H2,1-4H3,(H,27,28)(H2,25,29,30)/b15-8-. The summed E-state index contributed by atoms with van der Waals surface area (Å²) in [4.78, 5) is 35.6. The molecule has 0 spiro atoms. The van der Waals surface area contributed by atoms with Gasteiger partial charge in [-0.05, 0) is 26.3 Å². The van der Waals surface area contributed by atoms with Crippen LogP contribution in [0.3, 0.4) is 0 Å². The Kier molecular flexibility index (Phi) is 6.33. The lowest BCUT2D eigenvalue weighted by molar-refractivity contribution is -0.113. The number of hydrogen-bond acceptors (Lipinski definition) is 7. The normalized spacial score (nSPS) is 14.3. The number of unbranched alkanes of at least 4 members (excludes halogenated alkanes) is 1. The summed E-state index contributed by atoms with van der Waals surface area (Å²) in [5, 5.41) is 0.122. The molecule has 4 heterocycles. The van der Waals surface area contributed by atoms with Crippen molar-refractivity contribution >= 4 is 40.9 Å². The number of aryl methyl sites for hydroxylation is 2. The lowest BCUT2D eigenvalue weighted by atomic mass is 10.1. The first-order valence-corrected chi connectivity index (χ1v) is 11.1. The summed E-state index contributed by atoms with van der Waals surface area (Å²) in [5.41, 5.74) is 9.84. The minimum atomic E-state index is -0.266. The Morgan fingerprint density at radius 3 is 2.76 bits per heavy atom. The molecule has 3 aromatic rings. The molecule has 0 unspecified atom stereocenters. The number of ether oxygens (including phenoxy) is 1. The lowest BCUT2D eigenvalue weighted by Gasteiger charge is -2.19. The topological polar surface area (TPSA) is 123 Å². The molecule has 0 radical (unpaired) electrons. The first-order valence-electron chi connectivity index (χ1n) is 10.7. The molecule has 172 valence electrons. The Morgan fingerprint density at radius 1 is 1.24 bits per heavy atom. The monoisotopic (exact) mass is 467 g/mol. The highest BCUT2D eigenvalue weighted by Crippen LogP contribution is 2.41. The number of fused-ring (bicyclic) bond motifs is 1. The molecule has 0 aromatic carbocycles. The van der Waals surface area contributed by atoms with Gasteiger partial charge in [0.2, 0.25) is 5.95 Å². The third kappa shape index (κ3) is 4.28. The maximum atomic E-state index is 13.5. The summed E-state index contributed by atoms with van der Waals surface area (Å²) in [7, 11) is 1.61. The van der Waals surface area contributed by atoms with Gasteiger partial charge < -0.3 is 15.5 Å². The van der Waals surface area contributed by atoms with Gasteiger partial charge in [0.25, 0.3) is 5.91 Å². The van der Waals surface area contributed by atoms with E-state index in [0.29, 0.717) is 28.3 Å². The number of aromatic nitrogens is 5. The van der Waals surface area contributed by atoms with E-state index in [4.69, 9.17) is 22.1 Å². The number of amides is 1. The Bertz CT molecular complexity index is 1250. The molecule has 1 aliphatic rings. The van der Waals surface area contributed by atoms with E-state index in [1.54, 1.807) is 25.6 Å². The highest BCUT2D eigenvalue weighted by molar-refractivity contribution is 6.41. The van der Waals surface area contributed by atoms with E-state index in [1.807, 2.05) is 13.8 Å². The predicted molar refractivity (Wildman–Crippen MR) is 128 cm³/mol.